The van der Waals surface area contributed by atoms with Crippen molar-refractivity contribution in [1.82, 2.24) is 10.6 Å². The van der Waals surface area contributed by atoms with E-state index < -0.39 is 5.92 Å². The van der Waals surface area contributed by atoms with Gasteiger partial charge in [0.25, 0.3) is 0 Å². The Morgan fingerprint density at radius 3 is 1.73 bits per heavy atom. The van der Waals surface area contributed by atoms with E-state index in [2.05, 4.69) is 24.5 Å². The van der Waals surface area contributed by atoms with E-state index in [0.29, 0.717) is 0 Å². The molecule has 1 aromatic rings. The number of nitrogens with zero attached hydrogens (tertiary/aromatic N) is 2. The van der Waals surface area contributed by atoms with Crippen molar-refractivity contribution in [1.29, 1.82) is 10.5 Å². The molecule has 4 heteroatoms. The highest BCUT2D eigenvalue weighted by atomic mass is 15.1. The fourth-order valence-electron chi connectivity index (χ4n) is 2.21. The molecule has 0 saturated heterocycles. The van der Waals surface area contributed by atoms with Crippen molar-refractivity contribution in [2.75, 3.05) is 13.1 Å². The molecule has 1 aromatic carbocycles. The van der Waals surface area contributed by atoms with Crippen molar-refractivity contribution in [3.05, 3.63) is 35.4 Å². The smallest absolute Gasteiger partial charge is 0.158 e. The molecule has 0 aliphatic rings. The number of unbranched alkanes of at least 4 members (excludes halogenated alkanes) is 2. The molecule has 22 heavy (non-hydrogen) atoms. The number of benzene rings is 1. The van der Waals surface area contributed by atoms with E-state index in [1.165, 1.54) is 12.8 Å². The van der Waals surface area contributed by atoms with Gasteiger partial charge in [-0.3, -0.25) is 10.6 Å². The van der Waals surface area contributed by atoms with Gasteiger partial charge >= 0.3 is 0 Å². The molecule has 0 heterocycles. The Kier molecular flexibility index (Phi) is 8.91. The van der Waals surface area contributed by atoms with Crippen LogP contribution in [0, 0.1) is 22.7 Å². The van der Waals surface area contributed by atoms with Gasteiger partial charge in [0, 0.05) is 0 Å². The lowest BCUT2D eigenvalue weighted by molar-refractivity contribution is 0.429. The second-order valence-electron chi connectivity index (χ2n) is 5.41. The highest BCUT2D eigenvalue weighted by Gasteiger charge is 2.12. The van der Waals surface area contributed by atoms with Gasteiger partial charge in [-0.25, -0.2) is 0 Å². The number of nitriles is 2. The first kappa shape index (κ1) is 18.2. The van der Waals surface area contributed by atoms with Gasteiger partial charge < -0.3 is 0 Å². The SMILES string of the molecule is CCCCNC(NCCCC)c1ccc(C(C#N)C#N)cc1. The Labute approximate surface area is 134 Å². The highest BCUT2D eigenvalue weighted by Crippen LogP contribution is 2.18. The summed E-state index contributed by atoms with van der Waals surface area (Å²) in [6.45, 7) is 6.31. The zero-order chi connectivity index (χ0) is 16.2. The standard InChI is InChI=1S/C18H26N4/c1-3-5-11-21-18(22-12-6-4-2)16-9-7-15(8-10-16)17(13-19)14-20/h7-10,17-18,21-22H,3-6,11-12H2,1-2H3. The van der Waals surface area contributed by atoms with E-state index in [1.54, 1.807) is 0 Å². The number of nitrogens with one attached hydrogen (secondary N) is 2. The Balaban J connectivity index is 2.75. The Morgan fingerprint density at radius 2 is 1.32 bits per heavy atom. The molecule has 0 bridgehead atoms. The maximum atomic E-state index is 8.95. The van der Waals surface area contributed by atoms with Gasteiger partial charge in [-0.15, -0.1) is 0 Å². The van der Waals surface area contributed by atoms with Gasteiger partial charge in [-0.2, -0.15) is 10.5 Å². The summed E-state index contributed by atoms with van der Waals surface area (Å²) in [6, 6.07) is 11.8. The van der Waals surface area contributed by atoms with Gasteiger partial charge in [0.1, 0.15) is 0 Å². The second-order valence-corrected chi connectivity index (χ2v) is 5.41. The maximum Gasteiger partial charge on any atom is 0.158 e. The average molecular weight is 298 g/mol. The largest absolute Gasteiger partial charge is 0.298 e. The van der Waals surface area contributed by atoms with Crippen LogP contribution in [0.15, 0.2) is 24.3 Å². The van der Waals surface area contributed by atoms with E-state index in [9.17, 15) is 0 Å². The zero-order valence-electron chi connectivity index (χ0n) is 13.6. The van der Waals surface area contributed by atoms with Gasteiger partial charge in [-0.1, -0.05) is 51.0 Å². The summed E-state index contributed by atoms with van der Waals surface area (Å²) in [6.07, 6.45) is 4.75. The van der Waals surface area contributed by atoms with Crippen molar-refractivity contribution in [3.8, 4) is 12.1 Å². The maximum absolute atomic E-state index is 8.95. The zero-order valence-corrected chi connectivity index (χ0v) is 13.6. The third kappa shape index (κ3) is 5.85. The molecular weight excluding hydrogens is 272 g/mol. The summed E-state index contributed by atoms with van der Waals surface area (Å²) in [5, 5.41) is 25.0. The summed E-state index contributed by atoms with van der Waals surface area (Å²) in [5.74, 6) is -0.686. The molecule has 0 aromatic heterocycles. The van der Waals surface area contributed by atoms with Crippen LogP contribution >= 0.6 is 0 Å². The van der Waals surface area contributed by atoms with Gasteiger partial charge in [0.2, 0.25) is 0 Å². The third-order valence-electron chi connectivity index (χ3n) is 3.62. The molecule has 118 valence electrons. The summed E-state index contributed by atoms with van der Waals surface area (Å²) in [5.41, 5.74) is 1.90. The van der Waals surface area contributed by atoms with Crippen LogP contribution in [0.2, 0.25) is 0 Å². The van der Waals surface area contributed by atoms with Crippen LogP contribution < -0.4 is 10.6 Å². The average Bonchev–Trinajstić information content (AvgIpc) is 2.56. The van der Waals surface area contributed by atoms with Crippen LogP contribution in [0.4, 0.5) is 0 Å². The molecule has 0 radical (unpaired) electrons. The monoisotopic (exact) mass is 298 g/mol. The molecular formula is C18H26N4. The number of hydrogen-bond acceptors (Lipinski definition) is 4. The van der Waals surface area contributed by atoms with E-state index in [-0.39, 0.29) is 6.17 Å². The molecule has 0 amide bonds. The second kappa shape index (κ2) is 10.8. The van der Waals surface area contributed by atoms with E-state index >= 15 is 0 Å². The Morgan fingerprint density at radius 1 is 0.864 bits per heavy atom. The van der Waals surface area contributed by atoms with E-state index in [0.717, 1.165) is 37.1 Å². The minimum Gasteiger partial charge on any atom is -0.298 e. The predicted octanol–water partition coefficient (Wildman–Crippen LogP) is 3.60. The lowest BCUT2D eigenvalue weighted by Crippen LogP contribution is -2.35. The normalized spacial score (nSPS) is 10.6. The summed E-state index contributed by atoms with van der Waals surface area (Å²) in [7, 11) is 0. The summed E-state index contributed by atoms with van der Waals surface area (Å²) in [4.78, 5) is 0. The topological polar surface area (TPSA) is 71.6 Å². The van der Waals surface area contributed by atoms with Crippen molar-refractivity contribution in [3.63, 3.8) is 0 Å². The summed E-state index contributed by atoms with van der Waals surface area (Å²) >= 11 is 0. The highest BCUT2D eigenvalue weighted by molar-refractivity contribution is 5.34. The fourth-order valence-corrected chi connectivity index (χ4v) is 2.21. The van der Waals surface area contributed by atoms with Crippen LogP contribution in [0.1, 0.15) is 62.7 Å². The lowest BCUT2D eigenvalue weighted by Gasteiger charge is -2.21. The summed E-state index contributed by atoms with van der Waals surface area (Å²) < 4.78 is 0. The molecule has 4 nitrogen and oxygen atoms in total. The molecule has 0 unspecified atom stereocenters. The third-order valence-corrected chi connectivity index (χ3v) is 3.62. The Bertz CT molecular complexity index is 471. The Hall–Kier alpha value is -1.88. The minimum absolute atomic E-state index is 0.120. The molecule has 0 aliphatic carbocycles. The first-order chi connectivity index (χ1) is 10.8. The van der Waals surface area contributed by atoms with E-state index in [4.69, 9.17) is 10.5 Å². The number of hydrogen-bond donors (Lipinski definition) is 2. The quantitative estimate of drug-likeness (QED) is 0.511. The van der Waals surface area contributed by atoms with Crippen LogP contribution in [0.25, 0.3) is 0 Å². The molecule has 1 rings (SSSR count). The molecule has 0 fully saturated rings. The molecule has 0 saturated carbocycles. The molecule has 0 aliphatic heterocycles. The first-order valence-electron chi connectivity index (χ1n) is 8.12. The van der Waals surface area contributed by atoms with Crippen molar-refractivity contribution < 1.29 is 0 Å². The van der Waals surface area contributed by atoms with Gasteiger partial charge in [-0.05, 0) is 37.1 Å². The molecule has 0 spiro atoms. The first-order valence-corrected chi connectivity index (χ1v) is 8.12. The van der Waals surface area contributed by atoms with Crippen molar-refractivity contribution >= 4 is 0 Å². The molecule has 0 atom stereocenters. The van der Waals surface area contributed by atoms with Crippen LogP contribution in [-0.4, -0.2) is 13.1 Å². The van der Waals surface area contributed by atoms with Gasteiger partial charge in [0.05, 0.1) is 18.3 Å². The van der Waals surface area contributed by atoms with Crippen LogP contribution in [-0.2, 0) is 0 Å². The van der Waals surface area contributed by atoms with Crippen LogP contribution in [0.5, 0.6) is 0 Å². The van der Waals surface area contributed by atoms with Crippen molar-refractivity contribution in [2.45, 2.75) is 51.6 Å². The lowest BCUT2D eigenvalue weighted by atomic mass is 10.00. The van der Waals surface area contributed by atoms with Crippen LogP contribution in [0.3, 0.4) is 0 Å². The minimum atomic E-state index is -0.686. The fraction of sp³-hybridized carbons (Fsp3) is 0.556. The van der Waals surface area contributed by atoms with Crippen molar-refractivity contribution in [2.24, 2.45) is 0 Å². The van der Waals surface area contributed by atoms with Gasteiger partial charge in [0.15, 0.2) is 5.92 Å². The van der Waals surface area contributed by atoms with E-state index in [1.807, 2.05) is 36.4 Å². The number of rotatable bonds is 10. The molecule has 2 N–H and O–H groups in total. The predicted molar refractivity (Wildman–Crippen MR) is 89.0 cm³/mol.